The summed E-state index contributed by atoms with van der Waals surface area (Å²) in [5.74, 6) is -0.127. The summed E-state index contributed by atoms with van der Waals surface area (Å²) in [5.41, 5.74) is 2.12. The van der Waals surface area contributed by atoms with E-state index in [2.05, 4.69) is 21.1 Å². The zero-order valence-corrected chi connectivity index (χ0v) is 11.8. The maximum absolute atomic E-state index is 11.0. The molecule has 0 radical (unpaired) electrons. The molecule has 0 saturated heterocycles. The van der Waals surface area contributed by atoms with E-state index < -0.39 is 0 Å². The van der Waals surface area contributed by atoms with Crippen LogP contribution < -0.4 is 5.32 Å². The number of para-hydroxylation sites is 1. The summed E-state index contributed by atoms with van der Waals surface area (Å²) in [6.07, 6.45) is 5.26. The van der Waals surface area contributed by atoms with E-state index >= 15 is 0 Å². The fourth-order valence-electron chi connectivity index (χ4n) is 2.15. The Morgan fingerprint density at radius 3 is 2.90 bits per heavy atom. The Labute approximate surface area is 119 Å². The van der Waals surface area contributed by atoms with E-state index in [1.54, 1.807) is 0 Å². The maximum Gasteiger partial charge on any atom is 0.305 e. The van der Waals surface area contributed by atoms with Gasteiger partial charge in [0.1, 0.15) is 0 Å². The van der Waals surface area contributed by atoms with Crippen molar-refractivity contribution < 1.29 is 9.53 Å². The minimum absolute atomic E-state index is 0.127. The molecular formula is C16H20N2O2. The molecule has 1 aromatic carbocycles. The molecule has 1 N–H and O–H groups in total. The molecule has 4 heteroatoms. The molecule has 0 saturated carbocycles. The number of anilines is 1. The highest BCUT2D eigenvalue weighted by molar-refractivity contribution is 5.90. The van der Waals surface area contributed by atoms with Crippen LogP contribution in [0.15, 0.2) is 36.5 Å². The van der Waals surface area contributed by atoms with Crippen molar-refractivity contribution in [1.82, 2.24) is 4.98 Å². The first kappa shape index (κ1) is 14.3. The monoisotopic (exact) mass is 272 g/mol. The molecule has 0 unspecified atom stereocenters. The number of carbonyl (C=O) groups excluding carboxylic acids is 1. The van der Waals surface area contributed by atoms with Gasteiger partial charge in [-0.15, -0.1) is 0 Å². The molecule has 0 spiro atoms. The molecule has 106 valence electrons. The van der Waals surface area contributed by atoms with Crippen LogP contribution in [0.4, 0.5) is 5.69 Å². The Morgan fingerprint density at radius 1 is 1.20 bits per heavy atom. The maximum atomic E-state index is 11.0. The van der Waals surface area contributed by atoms with Crippen LogP contribution in [0.1, 0.15) is 25.7 Å². The number of pyridine rings is 1. The van der Waals surface area contributed by atoms with Gasteiger partial charge < -0.3 is 10.1 Å². The second kappa shape index (κ2) is 7.48. The van der Waals surface area contributed by atoms with Gasteiger partial charge in [-0.05, 0) is 25.0 Å². The van der Waals surface area contributed by atoms with Gasteiger partial charge in [-0.1, -0.05) is 24.6 Å². The van der Waals surface area contributed by atoms with Gasteiger partial charge in [0.15, 0.2) is 0 Å². The number of hydrogen-bond acceptors (Lipinski definition) is 4. The zero-order valence-electron chi connectivity index (χ0n) is 11.8. The van der Waals surface area contributed by atoms with E-state index in [1.807, 2.05) is 30.5 Å². The predicted octanol–water partition coefficient (Wildman–Crippen LogP) is 3.38. The molecule has 0 fully saturated rings. The van der Waals surface area contributed by atoms with Crippen molar-refractivity contribution in [2.45, 2.75) is 25.7 Å². The molecule has 4 nitrogen and oxygen atoms in total. The van der Waals surface area contributed by atoms with E-state index in [1.165, 1.54) is 7.11 Å². The van der Waals surface area contributed by atoms with Crippen LogP contribution in [0.5, 0.6) is 0 Å². The summed E-state index contributed by atoms with van der Waals surface area (Å²) in [7, 11) is 1.43. The van der Waals surface area contributed by atoms with Crippen LogP contribution in [0.2, 0.25) is 0 Å². The minimum Gasteiger partial charge on any atom is -0.469 e. The first-order valence-corrected chi connectivity index (χ1v) is 6.95. The number of ether oxygens (including phenoxy) is 1. The van der Waals surface area contributed by atoms with E-state index in [9.17, 15) is 4.79 Å². The summed E-state index contributed by atoms with van der Waals surface area (Å²) in [4.78, 5) is 15.3. The van der Waals surface area contributed by atoms with Crippen molar-refractivity contribution in [3.63, 3.8) is 0 Å². The van der Waals surface area contributed by atoms with Crippen molar-refractivity contribution in [2.24, 2.45) is 0 Å². The fraction of sp³-hybridized carbons (Fsp3) is 0.375. The highest BCUT2D eigenvalue weighted by atomic mass is 16.5. The highest BCUT2D eigenvalue weighted by Crippen LogP contribution is 2.20. The summed E-state index contributed by atoms with van der Waals surface area (Å²) in [6, 6.07) is 10.1. The lowest BCUT2D eigenvalue weighted by Gasteiger charge is -2.09. The Kier molecular flexibility index (Phi) is 5.35. The fourth-order valence-corrected chi connectivity index (χ4v) is 2.15. The van der Waals surface area contributed by atoms with Crippen LogP contribution in [-0.4, -0.2) is 24.6 Å². The van der Waals surface area contributed by atoms with Gasteiger partial charge in [-0.25, -0.2) is 0 Å². The molecule has 2 aromatic rings. The molecule has 0 aliphatic heterocycles. The highest BCUT2D eigenvalue weighted by Gasteiger charge is 2.01. The molecule has 2 rings (SSSR count). The van der Waals surface area contributed by atoms with E-state index in [4.69, 9.17) is 0 Å². The Morgan fingerprint density at radius 2 is 2.05 bits per heavy atom. The molecular weight excluding hydrogens is 252 g/mol. The van der Waals surface area contributed by atoms with Crippen molar-refractivity contribution >= 4 is 22.6 Å². The number of esters is 1. The van der Waals surface area contributed by atoms with Gasteiger partial charge in [0, 0.05) is 30.2 Å². The average Bonchev–Trinajstić information content (AvgIpc) is 2.50. The number of nitrogens with one attached hydrogen (secondary N) is 1. The molecule has 20 heavy (non-hydrogen) atoms. The lowest BCUT2D eigenvalue weighted by Crippen LogP contribution is -2.03. The lowest BCUT2D eigenvalue weighted by atomic mass is 10.1. The number of methoxy groups -OCH3 is 1. The summed E-state index contributed by atoms with van der Waals surface area (Å²) in [5, 5.41) is 4.58. The third kappa shape index (κ3) is 3.95. The number of unbranched alkanes of at least 4 members (excludes halogenated alkanes) is 2. The first-order valence-electron chi connectivity index (χ1n) is 6.95. The number of benzene rings is 1. The third-order valence-electron chi connectivity index (χ3n) is 3.25. The van der Waals surface area contributed by atoms with Crippen LogP contribution in [-0.2, 0) is 9.53 Å². The average molecular weight is 272 g/mol. The van der Waals surface area contributed by atoms with Crippen LogP contribution in [0.25, 0.3) is 10.9 Å². The second-order valence-electron chi connectivity index (χ2n) is 4.69. The predicted molar refractivity (Wildman–Crippen MR) is 80.7 cm³/mol. The van der Waals surface area contributed by atoms with E-state index in [0.717, 1.165) is 42.4 Å². The first-order chi connectivity index (χ1) is 9.81. The van der Waals surface area contributed by atoms with Crippen molar-refractivity contribution in [1.29, 1.82) is 0 Å². The van der Waals surface area contributed by atoms with Crippen LogP contribution in [0, 0.1) is 0 Å². The molecule has 1 aromatic heterocycles. The summed E-state index contributed by atoms with van der Waals surface area (Å²) in [6.45, 7) is 0.898. The Hall–Kier alpha value is -2.10. The van der Waals surface area contributed by atoms with Crippen molar-refractivity contribution in [2.75, 3.05) is 19.0 Å². The minimum atomic E-state index is -0.127. The van der Waals surface area contributed by atoms with Gasteiger partial charge in [-0.2, -0.15) is 0 Å². The number of rotatable bonds is 7. The molecule has 1 heterocycles. The smallest absolute Gasteiger partial charge is 0.305 e. The van der Waals surface area contributed by atoms with Crippen LogP contribution >= 0.6 is 0 Å². The second-order valence-corrected chi connectivity index (χ2v) is 4.69. The normalized spacial score (nSPS) is 10.4. The summed E-state index contributed by atoms with van der Waals surface area (Å²) < 4.78 is 4.61. The molecule has 0 bridgehead atoms. The lowest BCUT2D eigenvalue weighted by molar-refractivity contribution is -0.140. The zero-order chi connectivity index (χ0) is 14.2. The molecule has 0 atom stereocenters. The molecule has 0 aliphatic carbocycles. The van der Waals surface area contributed by atoms with E-state index in [-0.39, 0.29) is 5.97 Å². The third-order valence-corrected chi connectivity index (χ3v) is 3.25. The number of carbonyl (C=O) groups is 1. The van der Waals surface area contributed by atoms with Gasteiger partial charge in [-0.3, -0.25) is 9.78 Å². The largest absolute Gasteiger partial charge is 0.469 e. The van der Waals surface area contributed by atoms with Gasteiger partial charge >= 0.3 is 5.97 Å². The Bertz CT molecular complexity index is 564. The number of aromatic nitrogens is 1. The van der Waals surface area contributed by atoms with Crippen molar-refractivity contribution in [3.05, 3.63) is 36.5 Å². The number of nitrogens with zero attached hydrogens (tertiary/aromatic N) is 1. The van der Waals surface area contributed by atoms with Gasteiger partial charge in [0.2, 0.25) is 0 Å². The van der Waals surface area contributed by atoms with Crippen LogP contribution in [0.3, 0.4) is 0 Å². The molecule has 0 amide bonds. The number of fused-ring (bicyclic) bond motifs is 1. The SMILES string of the molecule is COC(=O)CCCCCNc1ccnc2ccccc12. The number of hydrogen-bond donors (Lipinski definition) is 1. The van der Waals surface area contributed by atoms with E-state index in [0.29, 0.717) is 6.42 Å². The topological polar surface area (TPSA) is 51.2 Å². The molecule has 0 aliphatic rings. The quantitative estimate of drug-likeness (QED) is 0.620. The van der Waals surface area contributed by atoms with Gasteiger partial charge in [0.05, 0.1) is 12.6 Å². The summed E-state index contributed by atoms with van der Waals surface area (Å²) >= 11 is 0. The van der Waals surface area contributed by atoms with Gasteiger partial charge in [0.25, 0.3) is 0 Å². The van der Waals surface area contributed by atoms with Crippen molar-refractivity contribution in [3.8, 4) is 0 Å². The Balaban J connectivity index is 1.77. The standard InChI is InChI=1S/C16H20N2O2/c1-20-16(19)9-3-2-6-11-17-15-10-12-18-14-8-5-4-7-13(14)15/h4-5,7-8,10,12H,2-3,6,9,11H2,1H3,(H,17,18).